The quantitative estimate of drug-likeness (QED) is 0.562. The zero-order valence-corrected chi connectivity index (χ0v) is 18.6. The molecule has 0 radical (unpaired) electrons. The number of methoxy groups -OCH3 is 2. The van der Waals surface area contributed by atoms with Gasteiger partial charge in [-0.3, -0.25) is 10.1 Å². The first kappa shape index (κ1) is 22.4. The summed E-state index contributed by atoms with van der Waals surface area (Å²) in [6.45, 7) is 0.386. The molecule has 33 heavy (non-hydrogen) atoms. The molecule has 172 valence electrons. The van der Waals surface area contributed by atoms with Gasteiger partial charge in [0.2, 0.25) is 0 Å². The van der Waals surface area contributed by atoms with Crippen molar-refractivity contribution in [3.63, 3.8) is 0 Å². The van der Waals surface area contributed by atoms with Gasteiger partial charge in [-0.25, -0.2) is 9.59 Å². The zero-order valence-electron chi connectivity index (χ0n) is 18.6. The van der Waals surface area contributed by atoms with Gasteiger partial charge in [-0.15, -0.1) is 0 Å². The van der Waals surface area contributed by atoms with Gasteiger partial charge in [0.25, 0.3) is 0 Å². The summed E-state index contributed by atoms with van der Waals surface area (Å²) in [4.78, 5) is 36.5. The molecule has 1 fully saturated rings. The summed E-state index contributed by atoms with van der Waals surface area (Å²) in [6, 6.07) is 11.7. The van der Waals surface area contributed by atoms with Crippen LogP contribution in [0.2, 0.25) is 0 Å². The Morgan fingerprint density at radius 2 is 1.85 bits per heavy atom. The molecule has 0 aliphatic heterocycles. The second kappa shape index (κ2) is 9.77. The molecule has 1 aromatic heterocycles. The van der Waals surface area contributed by atoms with E-state index in [0.717, 1.165) is 31.2 Å². The van der Waals surface area contributed by atoms with Gasteiger partial charge in [0.1, 0.15) is 11.9 Å². The highest BCUT2D eigenvalue weighted by molar-refractivity contribution is 5.90. The fourth-order valence-electron chi connectivity index (χ4n) is 4.13. The maximum atomic E-state index is 12.4. The Kier molecular flexibility index (Phi) is 6.63. The van der Waals surface area contributed by atoms with Crippen molar-refractivity contribution in [3.05, 3.63) is 70.0 Å². The summed E-state index contributed by atoms with van der Waals surface area (Å²) in [5.41, 5.74) is 2.27. The van der Waals surface area contributed by atoms with Crippen LogP contribution >= 0.6 is 0 Å². The monoisotopic (exact) mass is 450 g/mol. The van der Waals surface area contributed by atoms with Gasteiger partial charge in [-0.05, 0) is 56.0 Å². The summed E-state index contributed by atoms with van der Waals surface area (Å²) in [7, 11) is 2.85. The van der Waals surface area contributed by atoms with E-state index in [2.05, 4.69) is 5.32 Å². The summed E-state index contributed by atoms with van der Waals surface area (Å²) < 4.78 is 17.6. The summed E-state index contributed by atoms with van der Waals surface area (Å²) in [6.07, 6.45) is 5.09. The molecule has 8 nitrogen and oxygen atoms in total. The molecular formula is C25H26N2O6. The van der Waals surface area contributed by atoms with Crippen molar-refractivity contribution in [2.75, 3.05) is 19.5 Å². The third-order valence-electron chi connectivity index (χ3n) is 5.85. The van der Waals surface area contributed by atoms with Crippen LogP contribution in [0, 0.1) is 0 Å². The van der Waals surface area contributed by atoms with Crippen LogP contribution < -0.4 is 15.5 Å². The van der Waals surface area contributed by atoms with Crippen molar-refractivity contribution in [2.24, 2.45) is 0 Å². The van der Waals surface area contributed by atoms with Crippen molar-refractivity contribution in [1.82, 2.24) is 4.57 Å². The highest BCUT2D eigenvalue weighted by Gasteiger charge is 2.19. The zero-order chi connectivity index (χ0) is 23.4. The number of aromatic nitrogens is 1. The fourth-order valence-corrected chi connectivity index (χ4v) is 4.13. The van der Waals surface area contributed by atoms with Crippen molar-refractivity contribution >= 4 is 28.7 Å². The minimum atomic E-state index is -0.494. The van der Waals surface area contributed by atoms with Crippen LogP contribution in [0.15, 0.2) is 53.5 Å². The number of ether oxygens (including phenoxy) is 3. The fraction of sp³-hybridized carbons (Fsp3) is 0.320. The van der Waals surface area contributed by atoms with Crippen LogP contribution in [-0.4, -0.2) is 37.0 Å². The topological polar surface area (TPSA) is 95.9 Å². The maximum Gasteiger partial charge on any atom is 0.411 e. The number of fused-ring (bicyclic) bond motifs is 1. The Bertz CT molecular complexity index is 1240. The molecule has 1 aliphatic carbocycles. The average molecular weight is 450 g/mol. The molecule has 3 aromatic rings. The van der Waals surface area contributed by atoms with E-state index in [0.29, 0.717) is 34.4 Å². The minimum absolute atomic E-state index is 0.0379. The van der Waals surface area contributed by atoms with Crippen molar-refractivity contribution in [2.45, 2.75) is 38.3 Å². The largest absolute Gasteiger partial charge is 0.496 e. The number of amides is 1. The Labute approximate surface area is 191 Å². The molecule has 1 amide bonds. The Morgan fingerprint density at radius 3 is 2.58 bits per heavy atom. The second-order valence-electron chi connectivity index (χ2n) is 7.99. The normalized spacial score (nSPS) is 13.6. The van der Waals surface area contributed by atoms with E-state index in [1.165, 1.54) is 20.3 Å². The number of carbonyl (C=O) groups is 2. The van der Waals surface area contributed by atoms with Crippen LogP contribution in [0.1, 0.15) is 41.6 Å². The molecule has 1 N–H and O–H groups in total. The number of benzene rings is 2. The van der Waals surface area contributed by atoms with Gasteiger partial charge in [-0.2, -0.15) is 0 Å². The van der Waals surface area contributed by atoms with E-state index < -0.39 is 12.1 Å². The SMILES string of the molecule is COC(=O)c1ccc(Cn2ccc(=O)c3ccc(NC(=O)OC4CCCC4)cc32)c(OC)c1. The lowest BCUT2D eigenvalue weighted by Crippen LogP contribution is -2.20. The van der Waals surface area contributed by atoms with Gasteiger partial charge in [-0.1, -0.05) is 6.07 Å². The van der Waals surface area contributed by atoms with Gasteiger partial charge in [0.15, 0.2) is 5.43 Å². The lowest BCUT2D eigenvalue weighted by Gasteiger charge is -2.16. The molecule has 4 rings (SSSR count). The van der Waals surface area contributed by atoms with Crippen LogP contribution in [0.5, 0.6) is 5.75 Å². The van der Waals surface area contributed by atoms with E-state index in [9.17, 15) is 14.4 Å². The lowest BCUT2D eigenvalue weighted by atomic mass is 10.1. The molecular weight excluding hydrogens is 424 g/mol. The molecule has 0 unspecified atom stereocenters. The molecule has 0 spiro atoms. The first-order chi connectivity index (χ1) is 16.0. The molecule has 1 aliphatic rings. The third-order valence-corrected chi connectivity index (χ3v) is 5.85. The van der Waals surface area contributed by atoms with E-state index in [1.807, 2.05) is 4.57 Å². The highest BCUT2D eigenvalue weighted by atomic mass is 16.6. The third kappa shape index (κ3) is 5.00. The number of carbonyl (C=O) groups excluding carboxylic acids is 2. The van der Waals surface area contributed by atoms with Gasteiger partial charge in [0, 0.05) is 28.9 Å². The van der Waals surface area contributed by atoms with E-state index in [-0.39, 0.29) is 11.5 Å². The lowest BCUT2D eigenvalue weighted by molar-refractivity contribution is 0.0600. The molecule has 0 bridgehead atoms. The van der Waals surface area contributed by atoms with Crippen molar-refractivity contribution in [3.8, 4) is 5.75 Å². The predicted octanol–water partition coefficient (Wildman–Crippen LogP) is 4.34. The smallest absolute Gasteiger partial charge is 0.411 e. The van der Waals surface area contributed by atoms with Crippen LogP contribution in [0.4, 0.5) is 10.5 Å². The summed E-state index contributed by atoms with van der Waals surface area (Å²) in [5, 5.41) is 3.29. The number of hydrogen-bond donors (Lipinski definition) is 1. The number of hydrogen-bond acceptors (Lipinski definition) is 6. The number of nitrogens with zero attached hydrogens (tertiary/aromatic N) is 1. The summed E-state index contributed by atoms with van der Waals surface area (Å²) >= 11 is 0. The van der Waals surface area contributed by atoms with Gasteiger partial charge in [0.05, 0.1) is 31.8 Å². The predicted molar refractivity (Wildman–Crippen MR) is 124 cm³/mol. The number of rotatable bonds is 6. The van der Waals surface area contributed by atoms with E-state index in [4.69, 9.17) is 14.2 Å². The van der Waals surface area contributed by atoms with Crippen LogP contribution in [0.3, 0.4) is 0 Å². The number of anilines is 1. The molecule has 1 saturated carbocycles. The van der Waals surface area contributed by atoms with Crippen molar-refractivity contribution in [1.29, 1.82) is 0 Å². The first-order valence-corrected chi connectivity index (χ1v) is 10.8. The Hall–Kier alpha value is -3.81. The number of pyridine rings is 1. The average Bonchev–Trinajstić information content (AvgIpc) is 3.33. The van der Waals surface area contributed by atoms with Crippen molar-refractivity contribution < 1.29 is 23.8 Å². The highest BCUT2D eigenvalue weighted by Crippen LogP contribution is 2.25. The number of nitrogens with one attached hydrogen (secondary N) is 1. The molecule has 0 atom stereocenters. The van der Waals surface area contributed by atoms with E-state index >= 15 is 0 Å². The minimum Gasteiger partial charge on any atom is -0.496 e. The Balaban J connectivity index is 1.63. The maximum absolute atomic E-state index is 12.4. The second-order valence-corrected chi connectivity index (χ2v) is 7.99. The molecule has 1 heterocycles. The van der Waals surface area contributed by atoms with Gasteiger partial charge < -0.3 is 18.8 Å². The van der Waals surface area contributed by atoms with Gasteiger partial charge >= 0.3 is 12.1 Å². The molecule has 8 heteroatoms. The first-order valence-electron chi connectivity index (χ1n) is 10.8. The van der Waals surface area contributed by atoms with Crippen LogP contribution in [-0.2, 0) is 16.0 Å². The van der Waals surface area contributed by atoms with Crippen LogP contribution in [0.25, 0.3) is 10.9 Å². The number of esters is 1. The molecule has 0 saturated heterocycles. The molecule has 2 aromatic carbocycles. The standard InChI is InChI=1S/C25H26N2O6/c1-31-23-13-16(24(29)32-2)7-8-17(23)15-27-12-11-22(28)20-10-9-18(14-21(20)27)26-25(30)33-19-5-3-4-6-19/h7-14,19H,3-6,15H2,1-2H3,(H,26,30). The summed E-state index contributed by atoms with van der Waals surface area (Å²) in [5.74, 6) is 0.0769. The Morgan fingerprint density at radius 1 is 1.06 bits per heavy atom. The van der Waals surface area contributed by atoms with E-state index in [1.54, 1.807) is 42.6 Å².